The van der Waals surface area contributed by atoms with Crippen LogP contribution in [0.25, 0.3) is 11.1 Å². The van der Waals surface area contributed by atoms with Crippen molar-refractivity contribution in [3.8, 4) is 0 Å². The number of rotatable bonds is 3. The average Bonchev–Trinajstić information content (AvgIpc) is 3.29. The zero-order valence-corrected chi connectivity index (χ0v) is 13.7. The number of para-hydroxylation sites is 2. The summed E-state index contributed by atoms with van der Waals surface area (Å²) < 4.78 is 11.2. The van der Waals surface area contributed by atoms with Gasteiger partial charge in [-0.3, -0.25) is 0 Å². The molecule has 128 valence electrons. The maximum absolute atomic E-state index is 12.3. The number of nitrogens with one attached hydrogen (secondary N) is 1. The van der Waals surface area contributed by atoms with Crippen LogP contribution in [-0.4, -0.2) is 48.8 Å². The Balaban J connectivity index is 1.30. The van der Waals surface area contributed by atoms with E-state index >= 15 is 0 Å². The van der Waals surface area contributed by atoms with Crippen LogP contribution in [0, 0.1) is 5.92 Å². The van der Waals surface area contributed by atoms with Gasteiger partial charge in [-0.15, -0.1) is 0 Å². The van der Waals surface area contributed by atoms with Crippen LogP contribution in [0.5, 0.6) is 0 Å². The molecule has 2 aliphatic rings. The number of benzene rings is 1. The lowest BCUT2D eigenvalue weighted by Crippen LogP contribution is -2.45. The predicted octanol–water partition coefficient (Wildman–Crippen LogP) is 2.75. The predicted molar refractivity (Wildman–Crippen MR) is 89.9 cm³/mol. The van der Waals surface area contributed by atoms with Gasteiger partial charge in [0.1, 0.15) is 5.52 Å². The maximum atomic E-state index is 12.3. The molecule has 0 aliphatic carbocycles. The quantitative estimate of drug-likeness (QED) is 0.940. The summed E-state index contributed by atoms with van der Waals surface area (Å²) in [4.78, 5) is 18.8. The highest BCUT2D eigenvalue weighted by molar-refractivity contribution is 5.74. The molecule has 2 aromatic rings. The molecule has 1 aromatic carbocycles. The van der Waals surface area contributed by atoms with Gasteiger partial charge < -0.3 is 19.4 Å². The van der Waals surface area contributed by atoms with Crippen LogP contribution in [0.4, 0.5) is 4.79 Å². The Hall–Kier alpha value is -2.08. The summed E-state index contributed by atoms with van der Waals surface area (Å²) in [6.07, 6.45) is 2.83. The Morgan fingerprint density at radius 1 is 1.25 bits per heavy atom. The molecule has 2 aliphatic heterocycles. The highest BCUT2D eigenvalue weighted by atomic mass is 16.5. The van der Waals surface area contributed by atoms with Crippen LogP contribution in [0.2, 0.25) is 0 Å². The molecule has 3 heterocycles. The van der Waals surface area contributed by atoms with Gasteiger partial charge in [0.25, 0.3) is 0 Å². The number of piperidine rings is 1. The third-order valence-corrected chi connectivity index (χ3v) is 5.01. The number of carbonyl (C=O) groups is 1. The van der Waals surface area contributed by atoms with Crippen molar-refractivity contribution in [1.29, 1.82) is 0 Å². The molecule has 2 saturated heterocycles. The minimum absolute atomic E-state index is 0.0397. The van der Waals surface area contributed by atoms with Crippen molar-refractivity contribution in [2.45, 2.75) is 25.2 Å². The summed E-state index contributed by atoms with van der Waals surface area (Å²) >= 11 is 0. The standard InChI is InChI=1S/C18H23N3O3/c22-18(19-11-13-7-10-23-12-13)21-8-5-14(6-9-21)17-20-15-3-1-2-4-16(15)24-17/h1-4,13-14H,5-12H2,(H,19,22)/t13-/m0/s1. The monoisotopic (exact) mass is 329 g/mol. The van der Waals surface area contributed by atoms with Crippen LogP contribution >= 0.6 is 0 Å². The third kappa shape index (κ3) is 3.24. The van der Waals surface area contributed by atoms with E-state index in [4.69, 9.17) is 9.15 Å². The summed E-state index contributed by atoms with van der Waals surface area (Å²) in [7, 11) is 0. The molecule has 6 nitrogen and oxygen atoms in total. The van der Waals surface area contributed by atoms with E-state index in [1.165, 1.54) is 0 Å². The number of amides is 2. The van der Waals surface area contributed by atoms with Crippen molar-refractivity contribution in [2.24, 2.45) is 5.92 Å². The minimum atomic E-state index is 0.0397. The van der Waals surface area contributed by atoms with Crippen LogP contribution in [0.15, 0.2) is 28.7 Å². The number of oxazole rings is 1. The number of hydrogen-bond acceptors (Lipinski definition) is 4. The Morgan fingerprint density at radius 3 is 2.83 bits per heavy atom. The Kier molecular flexibility index (Phi) is 4.38. The number of nitrogens with zero attached hydrogens (tertiary/aromatic N) is 2. The van der Waals surface area contributed by atoms with Gasteiger partial charge in [-0.2, -0.15) is 0 Å². The van der Waals surface area contributed by atoms with Gasteiger partial charge in [0.05, 0.1) is 6.61 Å². The SMILES string of the molecule is O=C(NC[C@@H]1CCOC1)N1CCC(c2nc3ccccc3o2)CC1. The number of aromatic nitrogens is 1. The number of carbonyl (C=O) groups excluding carboxylic acids is 1. The second kappa shape index (κ2) is 6.81. The maximum Gasteiger partial charge on any atom is 0.317 e. The van der Waals surface area contributed by atoms with Crippen molar-refractivity contribution in [2.75, 3.05) is 32.8 Å². The molecule has 0 bridgehead atoms. The number of ether oxygens (including phenoxy) is 1. The minimum Gasteiger partial charge on any atom is -0.440 e. The first-order valence-electron chi connectivity index (χ1n) is 8.75. The van der Waals surface area contributed by atoms with Crippen molar-refractivity contribution in [3.63, 3.8) is 0 Å². The molecule has 0 saturated carbocycles. The molecule has 24 heavy (non-hydrogen) atoms. The molecule has 2 fully saturated rings. The molecule has 6 heteroatoms. The molecular formula is C18H23N3O3. The third-order valence-electron chi connectivity index (χ3n) is 5.01. The lowest BCUT2D eigenvalue weighted by molar-refractivity contribution is 0.171. The van der Waals surface area contributed by atoms with Gasteiger partial charge in [0.2, 0.25) is 0 Å². The molecule has 1 atom stereocenters. The van der Waals surface area contributed by atoms with E-state index in [0.717, 1.165) is 62.6 Å². The molecule has 0 radical (unpaired) electrons. The van der Waals surface area contributed by atoms with Gasteiger partial charge in [-0.25, -0.2) is 9.78 Å². The van der Waals surface area contributed by atoms with Crippen LogP contribution in [-0.2, 0) is 4.74 Å². The largest absolute Gasteiger partial charge is 0.440 e. The fourth-order valence-electron chi connectivity index (χ4n) is 3.48. The van der Waals surface area contributed by atoms with E-state index < -0.39 is 0 Å². The lowest BCUT2D eigenvalue weighted by atomic mass is 9.97. The lowest BCUT2D eigenvalue weighted by Gasteiger charge is -2.31. The fraction of sp³-hybridized carbons (Fsp3) is 0.556. The zero-order valence-electron chi connectivity index (χ0n) is 13.7. The highest BCUT2D eigenvalue weighted by Gasteiger charge is 2.27. The van der Waals surface area contributed by atoms with E-state index in [1.807, 2.05) is 29.2 Å². The number of urea groups is 1. The number of likely N-dealkylation sites (tertiary alicyclic amines) is 1. The normalized spacial score (nSPS) is 22.2. The molecule has 0 spiro atoms. The van der Waals surface area contributed by atoms with E-state index in [2.05, 4.69) is 10.3 Å². The summed E-state index contributed by atoms with van der Waals surface area (Å²) in [5, 5.41) is 3.04. The molecule has 4 rings (SSSR count). The zero-order chi connectivity index (χ0) is 16.4. The van der Waals surface area contributed by atoms with Crippen molar-refractivity contribution < 1.29 is 13.9 Å². The summed E-state index contributed by atoms with van der Waals surface area (Å²) in [6, 6.07) is 7.88. The Bertz CT molecular complexity index is 667. The fourth-order valence-corrected chi connectivity index (χ4v) is 3.48. The van der Waals surface area contributed by atoms with Gasteiger partial charge >= 0.3 is 6.03 Å². The number of fused-ring (bicyclic) bond motifs is 1. The van der Waals surface area contributed by atoms with Gasteiger partial charge in [0, 0.05) is 38.1 Å². The van der Waals surface area contributed by atoms with E-state index in [-0.39, 0.29) is 6.03 Å². The summed E-state index contributed by atoms with van der Waals surface area (Å²) in [5.74, 6) is 1.57. The van der Waals surface area contributed by atoms with E-state index in [1.54, 1.807) is 0 Å². The average molecular weight is 329 g/mol. The van der Waals surface area contributed by atoms with Crippen molar-refractivity contribution >= 4 is 17.1 Å². The van der Waals surface area contributed by atoms with Gasteiger partial charge in [-0.05, 0) is 31.4 Å². The smallest absolute Gasteiger partial charge is 0.317 e. The molecule has 1 N–H and O–H groups in total. The first-order valence-corrected chi connectivity index (χ1v) is 8.75. The number of hydrogen-bond donors (Lipinski definition) is 1. The van der Waals surface area contributed by atoms with Crippen LogP contribution in [0.1, 0.15) is 31.1 Å². The summed E-state index contributed by atoms with van der Waals surface area (Å²) in [5.41, 5.74) is 1.75. The van der Waals surface area contributed by atoms with E-state index in [9.17, 15) is 4.79 Å². The van der Waals surface area contributed by atoms with E-state index in [0.29, 0.717) is 18.4 Å². The second-order valence-electron chi connectivity index (χ2n) is 6.70. The topological polar surface area (TPSA) is 67.6 Å². The first kappa shape index (κ1) is 15.4. The second-order valence-corrected chi connectivity index (χ2v) is 6.70. The molecular weight excluding hydrogens is 306 g/mol. The first-order chi connectivity index (χ1) is 11.8. The Morgan fingerprint density at radius 2 is 2.08 bits per heavy atom. The van der Waals surface area contributed by atoms with Crippen molar-refractivity contribution in [1.82, 2.24) is 15.2 Å². The van der Waals surface area contributed by atoms with Crippen molar-refractivity contribution in [3.05, 3.63) is 30.2 Å². The van der Waals surface area contributed by atoms with Gasteiger partial charge in [-0.1, -0.05) is 12.1 Å². The van der Waals surface area contributed by atoms with Crippen LogP contribution < -0.4 is 5.32 Å². The summed E-state index contributed by atoms with van der Waals surface area (Å²) in [6.45, 7) is 3.78. The molecule has 2 amide bonds. The Labute approximate surface area is 141 Å². The molecule has 0 unspecified atom stereocenters. The molecule has 1 aromatic heterocycles. The highest BCUT2D eigenvalue weighted by Crippen LogP contribution is 2.29. The van der Waals surface area contributed by atoms with Gasteiger partial charge in [0.15, 0.2) is 11.5 Å². The van der Waals surface area contributed by atoms with Crippen LogP contribution in [0.3, 0.4) is 0 Å².